The van der Waals surface area contributed by atoms with Crippen LogP contribution in [0.2, 0.25) is 5.02 Å². The van der Waals surface area contributed by atoms with E-state index >= 15 is 0 Å². The van der Waals surface area contributed by atoms with Crippen molar-refractivity contribution < 1.29 is 5.11 Å². The van der Waals surface area contributed by atoms with Crippen LogP contribution in [0, 0.1) is 0 Å². The van der Waals surface area contributed by atoms with Crippen LogP contribution in [0.1, 0.15) is 11.3 Å². The molecule has 0 spiro atoms. The number of hydrogen-bond acceptors (Lipinski definition) is 3. The summed E-state index contributed by atoms with van der Waals surface area (Å²) in [5.74, 6) is 0.198. The van der Waals surface area contributed by atoms with E-state index in [9.17, 15) is 9.90 Å². The Balaban J connectivity index is 1.94. The first kappa shape index (κ1) is 14.4. The Morgan fingerprint density at radius 1 is 1.00 bits per heavy atom. The van der Waals surface area contributed by atoms with E-state index in [2.05, 4.69) is 5.10 Å². The van der Waals surface area contributed by atoms with Crippen LogP contribution in [0.3, 0.4) is 0 Å². The second-order valence-electron chi connectivity index (χ2n) is 4.89. The minimum Gasteiger partial charge on any atom is -0.508 e. The lowest BCUT2D eigenvalue weighted by atomic mass is 10.1. The number of hydrogen-bond donors (Lipinski definition) is 1. The molecule has 3 aromatic rings. The van der Waals surface area contributed by atoms with E-state index in [-0.39, 0.29) is 11.2 Å². The highest BCUT2D eigenvalue weighted by atomic mass is 35.5. The van der Waals surface area contributed by atoms with Gasteiger partial charge in [-0.3, -0.25) is 4.79 Å². The van der Waals surface area contributed by atoms with Crippen molar-refractivity contribution in [2.45, 2.75) is 6.42 Å². The third kappa shape index (κ3) is 3.18. The predicted octanol–water partition coefficient (Wildman–Crippen LogP) is 3.18. The van der Waals surface area contributed by atoms with Gasteiger partial charge in [-0.15, -0.1) is 0 Å². The van der Waals surface area contributed by atoms with E-state index in [4.69, 9.17) is 11.6 Å². The number of nitrogens with zero attached hydrogens (tertiary/aromatic N) is 2. The molecular weight excluding hydrogens is 300 g/mol. The molecule has 110 valence electrons. The number of phenolic OH excluding ortho intramolecular Hbond substituents is 1. The third-order valence-electron chi connectivity index (χ3n) is 3.28. The van der Waals surface area contributed by atoms with Gasteiger partial charge in [-0.05, 0) is 42.0 Å². The van der Waals surface area contributed by atoms with Crippen molar-refractivity contribution in [3.63, 3.8) is 0 Å². The average Bonchev–Trinajstić information content (AvgIpc) is 2.52. The van der Waals surface area contributed by atoms with Crippen LogP contribution in [0.5, 0.6) is 5.75 Å². The molecule has 0 aliphatic rings. The molecule has 1 N–H and O–H groups in total. The fraction of sp³-hybridized carbons (Fsp3) is 0.0588. The largest absolute Gasteiger partial charge is 0.508 e. The molecule has 22 heavy (non-hydrogen) atoms. The molecule has 0 saturated heterocycles. The minimum atomic E-state index is -0.113. The molecule has 0 aliphatic heterocycles. The molecule has 5 heteroatoms. The molecule has 1 aromatic heterocycles. The Morgan fingerprint density at radius 3 is 2.36 bits per heavy atom. The van der Waals surface area contributed by atoms with Crippen molar-refractivity contribution in [1.82, 2.24) is 9.78 Å². The Bertz CT molecular complexity index is 840. The number of phenols is 1. The third-order valence-corrected chi connectivity index (χ3v) is 3.53. The van der Waals surface area contributed by atoms with E-state index in [0.29, 0.717) is 17.1 Å². The Kier molecular flexibility index (Phi) is 3.94. The highest BCUT2D eigenvalue weighted by Gasteiger charge is 2.05. The molecule has 3 rings (SSSR count). The quantitative estimate of drug-likeness (QED) is 0.808. The topological polar surface area (TPSA) is 55.1 Å². The Morgan fingerprint density at radius 2 is 1.68 bits per heavy atom. The van der Waals surface area contributed by atoms with Crippen LogP contribution in [0.4, 0.5) is 0 Å². The van der Waals surface area contributed by atoms with Gasteiger partial charge < -0.3 is 5.11 Å². The van der Waals surface area contributed by atoms with Gasteiger partial charge in [0.2, 0.25) is 5.43 Å². The fourth-order valence-electron chi connectivity index (χ4n) is 2.11. The summed E-state index contributed by atoms with van der Waals surface area (Å²) < 4.78 is 1.65. The van der Waals surface area contributed by atoms with Crippen LogP contribution in [-0.2, 0) is 6.42 Å². The van der Waals surface area contributed by atoms with Gasteiger partial charge in [-0.1, -0.05) is 23.7 Å². The normalized spacial score (nSPS) is 10.6. The van der Waals surface area contributed by atoms with Gasteiger partial charge in [-0.25, -0.2) is 4.68 Å². The molecule has 4 nitrogen and oxygen atoms in total. The molecule has 0 saturated carbocycles. The summed E-state index contributed by atoms with van der Waals surface area (Å²) in [5, 5.41) is 14.3. The lowest BCUT2D eigenvalue weighted by molar-refractivity contribution is 0.475. The van der Waals surface area contributed by atoms with Crippen molar-refractivity contribution in [3.8, 4) is 11.4 Å². The number of benzene rings is 2. The van der Waals surface area contributed by atoms with Gasteiger partial charge >= 0.3 is 0 Å². The summed E-state index contributed by atoms with van der Waals surface area (Å²) in [6.07, 6.45) is 2.04. The number of rotatable bonds is 3. The summed E-state index contributed by atoms with van der Waals surface area (Å²) in [5.41, 5.74) is 2.08. The number of aromatic nitrogens is 2. The van der Waals surface area contributed by atoms with Crippen LogP contribution in [-0.4, -0.2) is 14.9 Å². The van der Waals surface area contributed by atoms with Gasteiger partial charge in [0.25, 0.3) is 0 Å². The molecule has 0 atom stereocenters. The molecule has 0 bridgehead atoms. The maximum atomic E-state index is 12.0. The molecule has 1 heterocycles. The molecular formula is C17H13ClN2O2. The molecule has 0 radical (unpaired) electrons. The molecule has 0 unspecified atom stereocenters. The van der Waals surface area contributed by atoms with Gasteiger partial charge in [0.05, 0.1) is 5.69 Å². The van der Waals surface area contributed by atoms with Crippen LogP contribution < -0.4 is 5.43 Å². The second kappa shape index (κ2) is 6.03. The van der Waals surface area contributed by atoms with Gasteiger partial charge in [0.15, 0.2) is 0 Å². The molecule has 2 aromatic carbocycles. The first-order valence-electron chi connectivity index (χ1n) is 6.74. The minimum absolute atomic E-state index is 0.113. The van der Waals surface area contributed by atoms with E-state index in [0.717, 1.165) is 11.3 Å². The average molecular weight is 313 g/mol. The summed E-state index contributed by atoms with van der Waals surface area (Å²) in [6.45, 7) is 0. The highest BCUT2D eigenvalue weighted by molar-refractivity contribution is 6.30. The lowest BCUT2D eigenvalue weighted by Crippen LogP contribution is -2.16. The van der Waals surface area contributed by atoms with Crippen LogP contribution >= 0.6 is 11.6 Å². The summed E-state index contributed by atoms with van der Waals surface area (Å²) in [4.78, 5) is 12.0. The molecule has 0 aliphatic carbocycles. The lowest BCUT2D eigenvalue weighted by Gasteiger charge is -2.07. The zero-order valence-electron chi connectivity index (χ0n) is 11.6. The van der Waals surface area contributed by atoms with Crippen LogP contribution in [0.25, 0.3) is 5.69 Å². The van der Waals surface area contributed by atoms with Crippen molar-refractivity contribution in [2.24, 2.45) is 0 Å². The SMILES string of the molecule is O=c1ccn(-c2ccc(Cl)cc2)nc1Cc1ccc(O)cc1. The zero-order chi connectivity index (χ0) is 15.5. The smallest absolute Gasteiger partial charge is 0.203 e. The van der Waals surface area contributed by atoms with Crippen molar-refractivity contribution >= 4 is 11.6 Å². The van der Waals surface area contributed by atoms with E-state index in [1.165, 1.54) is 6.07 Å². The summed E-state index contributed by atoms with van der Waals surface area (Å²) in [7, 11) is 0. The highest BCUT2D eigenvalue weighted by Crippen LogP contribution is 2.14. The summed E-state index contributed by atoms with van der Waals surface area (Å²) in [6, 6.07) is 15.5. The van der Waals surface area contributed by atoms with Gasteiger partial charge in [0, 0.05) is 23.7 Å². The van der Waals surface area contributed by atoms with E-state index in [1.54, 1.807) is 47.3 Å². The first-order chi connectivity index (χ1) is 10.6. The van der Waals surface area contributed by atoms with E-state index < -0.39 is 0 Å². The number of aromatic hydroxyl groups is 1. The van der Waals surface area contributed by atoms with Crippen molar-refractivity contribution in [2.75, 3.05) is 0 Å². The van der Waals surface area contributed by atoms with Crippen molar-refractivity contribution in [3.05, 3.63) is 87.3 Å². The van der Waals surface area contributed by atoms with Gasteiger partial charge in [-0.2, -0.15) is 5.10 Å². The standard InChI is InChI=1S/C17H13ClN2O2/c18-13-3-5-14(6-4-13)20-10-9-17(22)16(19-20)11-12-1-7-15(21)8-2-12/h1-10,21H,11H2. The van der Waals surface area contributed by atoms with Crippen molar-refractivity contribution in [1.29, 1.82) is 0 Å². The number of halogens is 1. The van der Waals surface area contributed by atoms with Crippen LogP contribution in [0.15, 0.2) is 65.6 Å². The predicted molar refractivity (Wildman–Crippen MR) is 85.8 cm³/mol. The molecule has 0 amide bonds. The Labute approximate surface area is 132 Å². The monoisotopic (exact) mass is 312 g/mol. The molecule has 0 fully saturated rings. The summed E-state index contributed by atoms with van der Waals surface area (Å²) >= 11 is 5.88. The first-order valence-corrected chi connectivity index (χ1v) is 7.12. The fourth-order valence-corrected chi connectivity index (χ4v) is 2.24. The van der Waals surface area contributed by atoms with Gasteiger partial charge in [0.1, 0.15) is 11.4 Å². The Hall–Kier alpha value is -2.59. The van der Waals surface area contributed by atoms with E-state index in [1.807, 2.05) is 12.1 Å². The maximum Gasteiger partial charge on any atom is 0.203 e. The maximum absolute atomic E-state index is 12.0. The second-order valence-corrected chi connectivity index (χ2v) is 5.33. The zero-order valence-corrected chi connectivity index (χ0v) is 12.4.